The van der Waals surface area contributed by atoms with Gasteiger partial charge in [-0.3, -0.25) is 4.72 Å². The average molecular weight is 325 g/mol. The topological polar surface area (TPSA) is 58.2 Å². The fourth-order valence-electron chi connectivity index (χ4n) is 2.28. The highest BCUT2D eigenvalue weighted by atomic mass is 35.5. The molecule has 0 radical (unpaired) electrons. The van der Waals surface area contributed by atoms with E-state index in [0.717, 1.165) is 5.69 Å². The first-order chi connectivity index (χ1) is 9.83. The van der Waals surface area contributed by atoms with Crippen molar-refractivity contribution in [3.05, 3.63) is 52.5 Å². The van der Waals surface area contributed by atoms with Crippen LogP contribution in [0, 0.1) is 13.8 Å². The molecule has 2 rings (SSSR count). The number of anilines is 2. The average Bonchev–Trinajstić information content (AvgIpc) is 2.36. The van der Waals surface area contributed by atoms with Gasteiger partial charge in [0.1, 0.15) is 0 Å². The van der Waals surface area contributed by atoms with Crippen LogP contribution in [0.2, 0.25) is 5.02 Å². The summed E-state index contributed by atoms with van der Waals surface area (Å²) in [5, 5.41) is 3.49. The Bertz CT molecular complexity index is 750. The van der Waals surface area contributed by atoms with Crippen molar-refractivity contribution < 1.29 is 8.42 Å². The number of hydrogen-bond acceptors (Lipinski definition) is 3. The summed E-state index contributed by atoms with van der Waals surface area (Å²) in [7, 11) is -1.85. The van der Waals surface area contributed by atoms with Gasteiger partial charge in [0.15, 0.2) is 0 Å². The highest BCUT2D eigenvalue weighted by Crippen LogP contribution is 2.27. The van der Waals surface area contributed by atoms with Gasteiger partial charge in [-0.25, -0.2) is 8.42 Å². The minimum atomic E-state index is -3.65. The lowest BCUT2D eigenvalue weighted by Crippen LogP contribution is -2.16. The van der Waals surface area contributed by atoms with Crippen molar-refractivity contribution in [3.8, 4) is 0 Å². The van der Waals surface area contributed by atoms with E-state index in [9.17, 15) is 8.42 Å². The number of rotatable bonds is 4. The molecule has 0 aromatic heterocycles. The summed E-state index contributed by atoms with van der Waals surface area (Å²) in [4.78, 5) is 0.293. The first kappa shape index (κ1) is 15.7. The van der Waals surface area contributed by atoms with Gasteiger partial charge in [-0.2, -0.15) is 0 Å². The molecular formula is C15H17ClN2O2S. The molecule has 0 aliphatic rings. The second-order valence-electron chi connectivity index (χ2n) is 4.81. The van der Waals surface area contributed by atoms with Crippen LogP contribution in [0.4, 0.5) is 11.4 Å². The second kappa shape index (κ2) is 5.95. The molecule has 0 aliphatic carbocycles. The van der Waals surface area contributed by atoms with Gasteiger partial charge in [-0.15, -0.1) is 0 Å². The van der Waals surface area contributed by atoms with Crippen molar-refractivity contribution in [2.45, 2.75) is 18.7 Å². The van der Waals surface area contributed by atoms with E-state index in [4.69, 9.17) is 11.6 Å². The molecule has 0 unspecified atom stereocenters. The van der Waals surface area contributed by atoms with Crippen LogP contribution in [0.3, 0.4) is 0 Å². The van der Waals surface area contributed by atoms with Crippen molar-refractivity contribution in [2.24, 2.45) is 0 Å². The predicted octanol–water partition coefficient (Wildman–Crippen LogP) is 3.80. The van der Waals surface area contributed by atoms with Crippen molar-refractivity contribution in [1.29, 1.82) is 0 Å². The number of nitrogens with one attached hydrogen (secondary N) is 2. The van der Waals surface area contributed by atoms with Gasteiger partial charge in [0, 0.05) is 17.8 Å². The van der Waals surface area contributed by atoms with E-state index in [1.54, 1.807) is 57.3 Å². The first-order valence-corrected chi connectivity index (χ1v) is 8.27. The number of benzene rings is 2. The summed E-state index contributed by atoms with van der Waals surface area (Å²) in [6.45, 7) is 3.56. The van der Waals surface area contributed by atoms with Gasteiger partial charge >= 0.3 is 0 Å². The molecule has 0 amide bonds. The Morgan fingerprint density at radius 2 is 1.62 bits per heavy atom. The van der Waals surface area contributed by atoms with Gasteiger partial charge < -0.3 is 5.32 Å². The molecule has 0 fully saturated rings. The van der Waals surface area contributed by atoms with Crippen LogP contribution in [-0.2, 0) is 10.0 Å². The zero-order valence-electron chi connectivity index (χ0n) is 12.1. The minimum absolute atomic E-state index is 0.293. The number of aryl methyl sites for hydroxylation is 2. The summed E-state index contributed by atoms with van der Waals surface area (Å²) in [6.07, 6.45) is 0. The molecule has 2 aromatic rings. The van der Waals surface area contributed by atoms with Crippen LogP contribution < -0.4 is 10.0 Å². The van der Waals surface area contributed by atoms with Crippen molar-refractivity contribution in [1.82, 2.24) is 0 Å². The molecule has 0 aliphatic heterocycles. The lowest BCUT2D eigenvalue weighted by Gasteiger charge is -2.14. The summed E-state index contributed by atoms with van der Waals surface area (Å²) in [5.74, 6) is 0. The highest BCUT2D eigenvalue weighted by Gasteiger charge is 2.20. The van der Waals surface area contributed by atoms with Gasteiger partial charge in [0.2, 0.25) is 0 Å². The lowest BCUT2D eigenvalue weighted by molar-refractivity contribution is 0.600. The third-order valence-corrected chi connectivity index (χ3v) is 5.02. The Morgan fingerprint density at radius 1 is 1.00 bits per heavy atom. The van der Waals surface area contributed by atoms with Crippen LogP contribution in [-0.4, -0.2) is 15.5 Å². The van der Waals surface area contributed by atoms with Crippen LogP contribution in [0.15, 0.2) is 41.3 Å². The quantitative estimate of drug-likeness (QED) is 0.899. The zero-order valence-corrected chi connectivity index (χ0v) is 13.6. The monoisotopic (exact) mass is 324 g/mol. The Kier molecular flexibility index (Phi) is 4.44. The zero-order chi connectivity index (χ0) is 15.6. The Labute approximate surface area is 130 Å². The third kappa shape index (κ3) is 3.49. The normalized spacial score (nSPS) is 11.2. The summed E-state index contributed by atoms with van der Waals surface area (Å²) >= 11 is 5.88. The van der Waals surface area contributed by atoms with Crippen LogP contribution in [0.5, 0.6) is 0 Å². The number of halogens is 1. The Hall–Kier alpha value is -1.72. The number of hydrogen-bond donors (Lipinski definition) is 2. The third-order valence-electron chi connectivity index (χ3n) is 3.09. The minimum Gasteiger partial charge on any atom is -0.388 e. The van der Waals surface area contributed by atoms with Gasteiger partial charge in [0.25, 0.3) is 10.0 Å². The van der Waals surface area contributed by atoms with E-state index in [1.807, 2.05) is 0 Å². The summed E-state index contributed by atoms with van der Waals surface area (Å²) in [6, 6.07) is 10.2. The molecule has 0 heterocycles. The molecule has 6 heteroatoms. The van der Waals surface area contributed by atoms with E-state index in [2.05, 4.69) is 10.0 Å². The SMILES string of the molecule is CNc1cc(C)c(S(=O)(=O)Nc2cccc(Cl)c2)c(C)c1. The predicted molar refractivity (Wildman–Crippen MR) is 87.7 cm³/mol. The molecule has 112 valence electrons. The molecule has 0 saturated heterocycles. The van der Waals surface area contributed by atoms with Crippen LogP contribution in [0.1, 0.15) is 11.1 Å². The lowest BCUT2D eigenvalue weighted by atomic mass is 10.1. The van der Waals surface area contributed by atoms with Crippen molar-refractivity contribution in [2.75, 3.05) is 17.1 Å². The van der Waals surface area contributed by atoms with Crippen molar-refractivity contribution >= 4 is 33.0 Å². The van der Waals surface area contributed by atoms with E-state index < -0.39 is 10.0 Å². The maximum absolute atomic E-state index is 12.6. The smallest absolute Gasteiger partial charge is 0.262 e. The molecule has 21 heavy (non-hydrogen) atoms. The highest BCUT2D eigenvalue weighted by molar-refractivity contribution is 7.92. The van der Waals surface area contributed by atoms with E-state index in [-0.39, 0.29) is 0 Å². The fourth-order valence-corrected chi connectivity index (χ4v) is 3.97. The summed E-state index contributed by atoms with van der Waals surface area (Å²) in [5.41, 5.74) is 2.70. The maximum atomic E-state index is 12.6. The van der Waals surface area contributed by atoms with Gasteiger partial charge in [0.05, 0.1) is 10.6 Å². The van der Waals surface area contributed by atoms with Gasteiger partial charge in [-0.1, -0.05) is 17.7 Å². The van der Waals surface area contributed by atoms with Gasteiger partial charge in [-0.05, 0) is 55.3 Å². The standard InChI is InChI=1S/C15H17ClN2O2S/c1-10-7-14(17-3)8-11(2)15(10)21(19,20)18-13-6-4-5-12(16)9-13/h4-9,17-18H,1-3H3. The maximum Gasteiger partial charge on any atom is 0.262 e. The molecule has 0 bridgehead atoms. The molecule has 2 N–H and O–H groups in total. The molecule has 2 aromatic carbocycles. The molecule has 0 spiro atoms. The Balaban J connectivity index is 2.45. The van der Waals surface area contributed by atoms with Crippen LogP contribution in [0.25, 0.3) is 0 Å². The fraction of sp³-hybridized carbons (Fsp3) is 0.200. The van der Waals surface area contributed by atoms with E-state index >= 15 is 0 Å². The molecule has 0 saturated carbocycles. The van der Waals surface area contributed by atoms with Crippen LogP contribution >= 0.6 is 11.6 Å². The Morgan fingerprint density at radius 3 is 2.14 bits per heavy atom. The number of sulfonamides is 1. The summed E-state index contributed by atoms with van der Waals surface area (Å²) < 4.78 is 27.7. The first-order valence-electron chi connectivity index (χ1n) is 6.41. The molecule has 4 nitrogen and oxygen atoms in total. The van der Waals surface area contributed by atoms with Crippen molar-refractivity contribution in [3.63, 3.8) is 0 Å². The van der Waals surface area contributed by atoms with E-state index in [1.165, 1.54) is 0 Å². The second-order valence-corrected chi connectivity index (χ2v) is 6.86. The van der Waals surface area contributed by atoms with E-state index in [0.29, 0.717) is 26.7 Å². The largest absolute Gasteiger partial charge is 0.388 e. The molecule has 0 atom stereocenters. The molecular weight excluding hydrogens is 308 g/mol.